The van der Waals surface area contributed by atoms with Crippen molar-refractivity contribution < 1.29 is 23.5 Å². The molecule has 0 spiro atoms. The summed E-state index contributed by atoms with van der Waals surface area (Å²) in [6.07, 6.45) is 0. The molecule has 0 saturated carbocycles. The molecule has 0 N–H and O–H groups in total. The van der Waals surface area contributed by atoms with E-state index in [1.807, 2.05) is 31.2 Å². The molecule has 0 aliphatic carbocycles. The van der Waals surface area contributed by atoms with Crippen LogP contribution in [0.15, 0.2) is 47.0 Å². The Morgan fingerprint density at radius 3 is 2.31 bits per heavy atom. The third-order valence-electron chi connectivity index (χ3n) is 4.45. The number of carbonyl (C=O) groups is 1. The monoisotopic (exact) mass is 397 g/mol. The molecule has 0 unspecified atom stereocenters. The summed E-state index contributed by atoms with van der Waals surface area (Å²) in [5, 5.41) is 4.01. The van der Waals surface area contributed by atoms with Crippen LogP contribution in [-0.2, 0) is 6.54 Å². The van der Waals surface area contributed by atoms with Crippen LogP contribution in [0.4, 0.5) is 0 Å². The summed E-state index contributed by atoms with van der Waals surface area (Å²) in [5.41, 5.74) is 1.23. The first-order valence-electron chi connectivity index (χ1n) is 9.07. The lowest BCUT2D eigenvalue weighted by Gasteiger charge is -2.20. The third-order valence-corrected chi connectivity index (χ3v) is 4.45. The molecule has 8 heteroatoms. The van der Waals surface area contributed by atoms with Crippen molar-refractivity contribution in [3.8, 4) is 28.6 Å². The summed E-state index contributed by atoms with van der Waals surface area (Å²) >= 11 is 0. The zero-order valence-electron chi connectivity index (χ0n) is 16.8. The molecule has 0 radical (unpaired) electrons. The van der Waals surface area contributed by atoms with Gasteiger partial charge in [0.25, 0.3) is 5.91 Å². The predicted octanol–water partition coefficient (Wildman–Crippen LogP) is 3.42. The maximum Gasteiger partial charge on any atom is 0.258 e. The number of methoxy groups -OCH3 is 3. The Bertz CT molecular complexity index is 969. The number of ether oxygens (including phenoxy) is 3. The molecule has 0 aliphatic heterocycles. The molecule has 3 aromatic rings. The smallest absolute Gasteiger partial charge is 0.258 e. The highest BCUT2D eigenvalue weighted by atomic mass is 16.5. The van der Waals surface area contributed by atoms with E-state index in [1.54, 1.807) is 37.3 Å². The SMILES string of the molecule is CCN(Cc1nc(-c2ccc(OC)cc2)no1)C(=O)c1ccc(OC)cc1OC. The lowest BCUT2D eigenvalue weighted by molar-refractivity contribution is 0.0731. The van der Waals surface area contributed by atoms with Crippen LogP contribution < -0.4 is 14.2 Å². The fraction of sp³-hybridized carbons (Fsp3) is 0.286. The Hall–Kier alpha value is -3.55. The number of benzene rings is 2. The molecule has 1 amide bonds. The number of nitrogens with zero attached hydrogens (tertiary/aromatic N) is 3. The van der Waals surface area contributed by atoms with Crippen LogP contribution in [0.2, 0.25) is 0 Å². The molecule has 0 bridgehead atoms. The second-order valence-corrected chi connectivity index (χ2v) is 6.13. The standard InChI is InChI=1S/C21H23N3O5/c1-5-24(21(25)17-11-10-16(27-3)12-18(17)28-4)13-19-22-20(23-29-19)14-6-8-15(26-2)9-7-14/h6-12H,5,13H2,1-4H3. The van der Waals surface area contributed by atoms with Crippen LogP contribution in [-0.4, -0.2) is 48.8 Å². The Morgan fingerprint density at radius 1 is 1.00 bits per heavy atom. The fourth-order valence-corrected chi connectivity index (χ4v) is 2.81. The molecule has 29 heavy (non-hydrogen) atoms. The van der Waals surface area contributed by atoms with Crippen LogP contribution in [0.5, 0.6) is 17.2 Å². The molecule has 1 aromatic heterocycles. The third kappa shape index (κ3) is 4.48. The van der Waals surface area contributed by atoms with Crippen molar-refractivity contribution in [2.24, 2.45) is 0 Å². The van der Waals surface area contributed by atoms with E-state index >= 15 is 0 Å². The average molecular weight is 397 g/mol. The highest BCUT2D eigenvalue weighted by Gasteiger charge is 2.21. The lowest BCUT2D eigenvalue weighted by atomic mass is 10.1. The summed E-state index contributed by atoms with van der Waals surface area (Å²) in [6, 6.07) is 12.4. The number of hydrogen-bond acceptors (Lipinski definition) is 7. The van der Waals surface area contributed by atoms with Crippen molar-refractivity contribution in [3.63, 3.8) is 0 Å². The molecule has 8 nitrogen and oxygen atoms in total. The van der Waals surface area contributed by atoms with Crippen LogP contribution in [0.3, 0.4) is 0 Å². The minimum Gasteiger partial charge on any atom is -0.497 e. The maximum atomic E-state index is 13.0. The Kier molecular flexibility index (Phi) is 6.33. The van der Waals surface area contributed by atoms with Gasteiger partial charge in [-0.2, -0.15) is 4.98 Å². The molecule has 152 valence electrons. The van der Waals surface area contributed by atoms with Crippen LogP contribution in [0.25, 0.3) is 11.4 Å². The van der Waals surface area contributed by atoms with E-state index in [9.17, 15) is 4.79 Å². The molecular formula is C21H23N3O5. The average Bonchev–Trinajstić information content (AvgIpc) is 3.25. The molecule has 0 saturated heterocycles. The van der Waals surface area contributed by atoms with E-state index in [-0.39, 0.29) is 12.5 Å². The van der Waals surface area contributed by atoms with E-state index < -0.39 is 0 Å². The van der Waals surface area contributed by atoms with Crippen molar-refractivity contribution in [1.82, 2.24) is 15.0 Å². The normalized spacial score (nSPS) is 10.5. The highest BCUT2D eigenvalue weighted by Crippen LogP contribution is 2.26. The van der Waals surface area contributed by atoms with Gasteiger partial charge in [0.15, 0.2) is 0 Å². The van der Waals surface area contributed by atoms with Crippen LogP contribution >= 0.6 is 0 Å². The van der Waals surface area contributed by atoms with E-state index in [4.69, 9.17) is 18.7 Å². The number of rotatable bonds is 8. The molecule has 1 heterocycles. The van der Waals surface area contributed by atoms with Crippen molar-refractivity contribution in [1.29, 1.82) is 0 Å². The summed E-state index contributed by atoms with van der Waals surface area (Å²) in [4.78, 5) is 19.0. The summed E-state index contributed by atoms with van der Waals surface area (Å²) < 4.78 is 21.0. The molecule has 3 rings (SSSR count). The molecule has 0 atom stereocenters. The minimum atomic E-state index is -0.198. The first-order chi connectivity index (χ1) is 14.1. The fourth-order valence-electron chi connectivity index (χ4n) is 2.81. The molecule has 0 aliphatic rings. The van der Waals surface area contributed by atoms with Gasteiger partial charge < -0.3 is 23.6 Å². The van der Waals surface area contributed by atoms with Gasteiger partial charge >= 0.3 is 0 Å². The molecule has 0 fully saturated rings. The van der Waals surface area contributed by atoms with E-state index in [2.05, 4.69) is 10.1 Å². The van der Waals surface area contributed by atoms with Gasteiger partial charge in [-0.15, -0.1) is 0 Å². The second-order valence-electron chi connectivity index (χ2n) is 6.13. The Labute approximate surface area is 169 Å². The highest BCUT2D eigenvalue weighted by molar-refractivity contribution is 5.97. The van der Waals surface area contributed by atoms with Crippen LogP contribution in [0, 0.1) is 0 Å². The molecule has 2 aromatic carbocycles. The van der Waals surface area contributed by atoms with Crippen molar-refractivity contribution in [2.45, 2.75) is 13.5 Å². The number of hydrogen-bond donors (Lipinski definition) is 0. The van der Waals surface area contributed by atoms with Gasteiger partial charge in [0.05, 0.1) is 26.9 Å². The number of amides is 1. The quantitative estimate of drug-likeness (QED) is 0.575. The van der Waals surface area contributed by atoms with E-state index in [0.717, 1.165) is 11.3 Å². The number of aromatic nitrogens is 2. The van der Waals surface area contributed by atoms with Gasteiger partial charge in [-0.3, -0.25) is 4.79 Å². The molecular weight excluding hydrogens is 374 g/mol. The maximum absolute atomic E-state index is 13.0. The van der Waals surface area contributed by atoms with Gasteiger partial charge in [-0.25, -0.2) is 0 Å². The van der Waals surface area contributed by atoms with E-state index in [0.29, 0.717) is 35.3 Å². The zero-order chi connectivity index (χ0) is 20.8. The van der Waals surface area contributed by atoms with Gasteiger partial charge in [-0.05, 0) is 43.3 Å². The lowest BCUT2D eigenvalue weighted by Crippen LogP contribution is -2.30. The topological polar surface area (TPSA) is 86.9 Å². The van der Waals surface area contributed by atoms with Crippen molar-refractivity contribution in [2.75, 3.05) is 27.9 Å². The summed E-state index contributed by atoms with van der Waals surface area (Å²) in [7, 11) is 4.68. The summed E-state index contributed by atoms with van der Waals surface area (Å²) in [5.74, 6) is 2.40. The van der Waals surface area contributed by atoms with Gasteiger partial charge in [-0.1, -0.05) is 5.16 Å². The van der Waals surface area contributed by atoms with Gasteiger partial charge in [0, 0.05) is 18.2 Å². The van der Waals surface area contributed by atoms with E-state index in [1.165, 1.54) is 7.11 Å². The summed E-state index contributed by atoms with van der Waals surface area (Å²) in [6.45, 7) is 2.54. The Balaban J connectivity index is 1.78. The first kappa shape index (κ1) is 20.2. The van der Waals surface area contributed by atoms with Crippen molar-refractivity contribution >= 4 is 5.91 Å². The predicted molar refractivity (Wildman–Crippen MR) is 106 cm³/mol. The first-order valence-corrected chi connectivity index (χ1v) is 9.07. The largest absolute Gasteiger partial charge is 0.497 e. The van der Waals surface area contributed by atoms with Crippen LogP contribution in [0.1, 0.15) is 23.2 Å². The van der Waals surface area contributed by atoms with Crippen molar-refractivity contribution in [3.05, 3.63) is 53.9 Å². The van der Waals surface area contributed by atoms with Gasteiger partial charge in [0.2, 0.25) is 11.7 Å². The second kappa shape index (κ2) is 9.09. The zero-order valence-corrected chi connectivity index (χ0v) is 16.8. The Morgan fingerprint density at radius 2 is 1.69 bits per heavy atom. The minimum absolute atomic E-state index is 0.188. The van der Waals surface area contributed by atoms with Gasteiger partial charge in [0.1, 0.15) is 23.8 Å². The number of carbonyl (C=O) groups excluding carboxylic acids is 1.